The predicted molar refractivity (Wildman–Crippen MR) is 41.9 cm³/mol. The van der Waals surface area contributed by atoms with Crippen molar-refractivity contribution >= 4 is 0 Å². The number of hydrogen-bond acceptors (Lipinski definition) is 1. The highest BCUT2D eigenvalue weighted by atomic mass is 14.8. The molecule has 0 saturated heterocycles. The average Bonchev–Trinajstić information content (AvgIpc) is 1.63. The summed E-state index contributed by atoms with van der Waals surface area (Å²) in [7, 11) is 0. The van der Waals surface area contributed by atoms with Crippen molar-refractivity contribution in [3.63, 3.8) is 0 Å². The Morgan fingerprint density at radius 3 is 2.22 bits per heavy atom. The van der Waals surface area contributed by atoms with Crippen molar-refractivity contribution in [3.05, 3.63) is 36.7 Å². The maximum Gasteiger partial charge on any atom is 0.00420 e. The van der Waals surface area contributed by atoms with Crippen LogP contribution in [0.5, 0.6) is 0 Å². The molecule has 0 aliphatic rings. The molecule has 0 saturated carbocycles. The summed E-state index contributed by atoms with van der Waals surface area (Å²) in [6.45, 7) is 11.2. The zero-order chi connectivity index (χ0) is 7.28. The zero-order valence-electron chi connectivity index (χ0n) is 6.07. The van der Waals surface area contributed by atoms with Gasteiger partial charge in [-0.05, 0) is 19.9 Å². The molecule has 0 radical (unpaired) electrons. The molecule has 0 aliphatic heterocycles. The van der Waals surface area contributed by atoms with Gasteiger partial charge in [-0.2, -0.15) is 0 Å². The smallest absolute Gasteiger partial charge is 0.00420 e. The summed E-state index contributed by atoms with van der Waals surface area (Å²) in [5.74, 6) is 0. The standard InChI is InChI=1S/C8H13N/c1-7(2)5-6-9-8(3)4/h5-6,9H,1,3H2,2,4H3/b6-5-. The van der Waals surface area contributed by atoms with E-state index in [1.54, 1.807) is 0 Å². The van der Waals surface area contributed by atoms with E-state index in [-0.39, 0.29) is 0 Å². The van der Waals surface area contributed by atoms with Gasteiger partial charge in [0.2, 0.25) is 0 Å². The Labute approximate surface area is 56.8 Å². The second-order valence-electron chi connectivity index (χ2n) is 2.10. The first-order chi connectivity index (χ1) is 4.13. The Morgan fingerprint density at radius 1 is 1.33 bits per heavy atom. The van der Waals surface area contributed by atoms with Gasteiger partial charge in [-0.3, -0.25) is 0 Å². The van der Waals surface area contributed by atoms with Gasteiger partial charge in [0, 0.05) is 11.9 Å². The molecular weight excluding hydrogens is 110 g/mol. The molecular formula is C8H13N. The van der Waals surface area contributed by atoms with E-state index < -0.39 is 0 Å². The highest BCUT2D eigenvalue weighted by Gasteiger charge is 1.74. The van der Waals surface area contributed by atoms with Crippen LogP contribution in [-0.4, -0.2) is 0 Å². The van der Waals surface area contributed by atoms with Crippen LogP contribution in [0.25, 0.3) is 0 Å². The average molecular weight is 123 g/mol. The van der Waals surface area contributed by atoms with Crippen molar-refractivity contribution in [2.45, 2.75) is 13.8 Å². The van der Waals surface area contributed by atoms with Crippen LogP contribution in [0.3, 0.4) is 0 Å². The third-order valence-corrected chi connectivity index (χ3v) is 0.698. The van der Waals surface area contributed by atoms with E-state index in [9.17, 15) is 0 Å². The lowest BCUT2D eigenvalue weighted by molar-refractivity contribution is 1.07. The summed E-state index contributed by atoms with van der Waals surface area (Å²) in [5.41, 5.74) is 1.97. The van der Waals surface area contributed by atoms with E-state index in [0.29, 0.717) is 0 Å². The molecule has 0 aliphatic carbocycles. The Bertz CT molecular complexity index is 143. The van der Waals surface area contributed by atoms with Gasteiger partial charge >= 0.3 is 0 Å². The number of hydrogen-bond donors (Lipinski definition) is 1. The first-order valence-electron chi connectivity index (χ1n) is 2.87. The normalized spacial score (nSPS) is 9.56. The molecule has 0 spiro atoms. The SMILES string of the molecule is C=C(C)/C=C\NC(=C)C. The largest absolute Gasteiger partial charge is 0.366 e. The van der Waals surface area contributed by atoms with E-state index in [0.717, 1.165) is 11.3 Å². The first-order valence-corrected chi connectivity index (χ1v) is 2.87. The van der Waals surface area contributed by atoms with E-state index >= 15 is 0 Å². The molecule has 0 amide bonds. The van der Waals surface area contributed by atoms with Crippen molar-refractivity contribution in [3.8, 4) is 0 Å². The van der Waals surface area contributed by atoms with Gasteiger partial charge in [0.15, 0.2) is 0 Å². The number of nitrogens with one attached hydrogen (secondary N) is 1. The van der Waals surface area contributed by atoms with E-state index in [1.165, 1.54) is 0 Å². The Hall–Kier alpha value is -0.980. The van der Waals surface area contributed by atoms with E-state index in [4.69, 9.17) is 0 Å². The van der Waals surface area contributed by atoms with Gasteiger partial charge in [0.05, 0.1) is 0 Å². The summed E-state index contributed by atoms with van der Waals surface area (Å²) >= 11 is 0. The van der Waals surface area contributed by atoms with Crippen LogP contribution in [0.1, 0.15) is 13.8 Å². The minimum Gasteiger partial charge on any atom is -0.366 e. The molecule has 1 nitrogen and oxygen atoms in total. The van der Waals surface area contributed by atoms with Gasteiger partial charge in [0.25, 0.3) is 0 Å². The van der Waals surface area contributed by atoms with Crippen molar-refractivity contribution < 1.29 is 0 Å². The second kappa shape index (κ2) is 3.96. The summed E-state index contributed by atoms with van der Waals surface area (Å²) in [4.78, 5) is 0. The molecule has 0 aromatic carbocycles. The lowest BCUT2D eigenvalue weighted by atomic mass is 10.3. The second-order valence-corrected chi connectivity index (χ2v) is 2.10. The van der Waals surface area contributed by atoms with Crippen molar-refractivity contribution in [2.75, 3.05) is 0 Å². The van der Waals surface area contributed by atoms with Crippen molar-refractivity contribution in [2.24, 2.45) is 0 Å². The summed E-state index contributed by atoms with van der Waals surface area (Å²) in [6, 6.07) is 0. The lowest BCUT2D eigenvalue weighted by Gasteiger charge is -1.94. The minimum absolute atomic E-state index is 0.938. The molecule has 0 aromatic heterocycles. The molecule has 0 fully saturated rings. The third kappa shape index (κ3) is 7.02. The van der Waals surface area contributed by atoms with Crippen LogP contribution in [0.4, 0.5) is 0 Å². The quantitative estimate of drug-likeness (QED) is 0.567. The molecule has 0 aromatic rings. The maximum atomic E-state index is 3.70. The molecule has 1 N–H and O–H groups in total. The molecule has 0 unspecified atom stereocenters. The fraction of sp³-hybridized carbons (Fsp3) is 0.250. The first kappa shape index (κ1) is 8.02. The molecule has 0 atom stereocenters. The van der Waals surface area contributed by atoms with Crippen LogP contribution < -0.4 is 5.32 Å². The van der Waals surface area contributed by atoms with Crippen molar-refractivity contribution in [1.82, 2.24) is 5.32 Å². The minimum atomic E-state index is 0.938. The molecule has 0 heterocycles. The van der Waals surface area contributed by atoms with Gasteiger partial charge < -0.3 is 5.32 Å². The van der Waals surface area contributed by atoms with Crippen LogP contribution >= 0.6 is 0 Å². The molecule has 0 rings (SSSR count). The molecule has 9 heavy (non-hydrogen) atoms. The Morgan fingerprint density at radius 2 is 1.89 bits per heavy atom. The van der Waals surface area contributed by atoms with Gasteiger partial charge in [-0.15, -0.1) is 0 Å². The molecule has 0 bridgehead atoms. The van der Waals surface area contributed by atoms with Gasteiger partial charge in [-0.25, -0.2) is 0 Å². The fourth-order valence-corrected chi connectivity index (χ4v) is 0.326. The molecule has 50 valence electrons. The summed E-state index contributed by atoms with van der Waals surface area (Å²) in [6.07, 6.45) is 3.72. The number of allylic oxidation sites excluding steroid dienone is 3. The predicted octanol–water partition coefficient (Wildman–Crippen LogP) is 2.20. The maximum absolute atomic E-state index is 3.70. The van der Waals surface area contributed by atoms with Gasteiger partial charge in [-0.1, -0.05) is 18.7 Å². The Kier molecular flexibility index (Phi) is 3.52. The fourth-order valence-electron chi connectivity index (χ4n) is 0.326. The summed E-state index contributed by atoms with van der Waals surface area (Å²) in [5, 5.41) is 2.94. The van der Waals surface area contributed by atoms with E-state index in [2.05, 4.69) is 18.5 Å². The highest BCUT2D eigenvalue weighted by molar-refractivity contribution is 5.11. The third-order valence-electron chi connectivity index (χ3n) is 0.698. The van der Waals surface area contributed by atoms with Crippen molar-refractivity contribution in [1.29, 1.82) is 0 Å². The Balaban J connectivity index is 3.48. The lowest BCUT2D eigenvalue weighted by Crippen LogP contribution is -1.97. The number of rotatable bonds is 3. The van der Waals surface area contributed by atoms with Crippen LogP contribution in [-0.2, 0) is 0 Å². The van der Waals surface area contributed by atoms with Gasteiger partial charge in [0.1, 0.15) is 0 Å². The topological polar surface area (TPSA) is 12.0 Å². The van der Waals surface area contributed by atoms with Crippen LogP contribution in [0.2, 0.25) is 0 Å². The van der Waals surface area contributed by atoms with E-state index in [1.807, 2.05) is 26.1 Å². The molecule has 1 heteroatoms. The highest BCUT2D eigenvalue weighted by Crippen LogP contribution is 1.87. The zero-order valence-corrected chi connectivity index (χ0v) is 6.07. The van der Waals surface area contributed by atoms with Crippen LogP contribution in [0, 0.1) is 0 Å². The monoisotopic (exact) mass is 123 g/mol. The van der Waals surface area contributed by atoms with Crippen LogP contribution in [0.15, 0.2) is 36.7 Å². The summed E-state index contributed by atoms with van der Waals surface area (Å²) < 4.78 is 0.